The van der Waals surface area contributed by atoms with Crippen molar-refractivity contribution in [3.63, 3.8) is 0 Å². The molecule has 0 saturated carbocycles. The molecule has 1 saturated heterocycles. The summed E-state index contributed by atoms with van der Waals surface area (Å²) in [7, 11) is 0. The summed E-state index contributed by atoms with van der Waals surface area (Å²) in [4.78, 5) is 6.94. The first-order valence-electron chi connectivity index (χ1n) is 8.07. The van der Waals surface area contributed by atoms with Gasteiger partial charge in [-0.3, -0.25) is 4.99 Å². The van der Waals surface area contributed by atoms with E-state index >= 15 is 0 Å². The maximum atomic E-state index is 13.1. The van der Waals surface area contributed by atoms with Crippen LogP contribution in [0.25, 0.3) is 0 Å². The predicted molar refractivity (Wildman–Crippen MR) is 95.6 cm³/mol. The van der Waals surface area contributed by atoms with Crippen LogP contribution >= 0.6 is 11.8 Å². The Bertz CT molecular complexity index is 509. The minimum Gasteiger partial charge on any atom is -0.367 e. The zero-order valence-electron chi connectivity index (χ0n) is 14.1. The number of benzene rings is 1. The number of hydrogen-bond acceptors (Lipinski definition) is 3. The van der Waals surface area contributed by atoms with E-state index < -0.39 is 0 Å². The van der Waals surface area contributed by atoms with E-state index in [0.29, 0.717) is 0 Å². The molecule has 128 valence electrons. The van der Waals surface area contributed by atoms with Crippen LogP contribution < -0.4 is 5.32 Å². The molecule has 0 amide bonds. The van der Waals surface area contributed by atoms with Crippen LogP contribution in [0.2, 0.25) is 0 Å². The SMILES string of the molecule is CCNC(=NCCSC)N1CC(C)OC(c2ccc(F)cc2)C1. The van der Waals surface area contributed by atoms with E-state index in [1.54, 1.807) is 23.9 Å². The van der Waals surface area contributed by atoms with Gasteiger partial charge in [-0.25, -0.2) is 4.39 Å². The number of ether oxygens (including phenoxy) is 1. The summed E-state index contributed by atoms with van der Waals surface area (Å²) in [6.07, 6.45) is 2.12. The third kappa shape index (κ3) is 5.39. The maximum absolute atomic E-state index is 13.1. The molecule has 0 spiro atoms. The second-order valence-corrected chi connectivity index (χ2v) is 6.61. The van der Waals surface area contributed by atoms with Gasteiger partial charge >= 0.3 is 0 Å². The minimum absolute atomic E-state index is 0.0660. The maximum Gasteiger partial charge on any atom is 0.194 e. The molecule has 1 heterocycles. The van der Waals surface area contributed by atoms with Gasteiger partial charge in [0.1, 0.15) is 11.9 Å². The van der Waals surface area contributed by atoms with Crippen LogP contribution in [0.15, 0.2) is 29.3 Å². The molecule has 2 rings (SSSR count). The lowest BCUT2D eigenvalue weighted by molar-refractivity contribution is -0.0605. The number of thioether (sulfide) groups is 1. The van der Waals surface area contributed by atoms with Gasteiger partial charge in [0, 0.05) is 18.8 Å². The average Bonchev–Trinajstić information content (AvgIpc) is 2.54. The van der Waals surface area contributed by atoms with Crippen LogP contribution in [-0.2, 0) is 4.74 Å². The van der Waals surface area contributed by atoms with Crippen LogP contribution in [0.3, 0.4) is 0 Å². The van der Waals surface area contributed by atoms with Gasteiger partial charge in [-0.2, -0.15) is 11.8 Å². The third-order valence-electron chi connectivity index (χ3n) is 3.69. The highest BCUT2D eigenvalue weighted by Crippen LogP contribution is 2.25. The first-order chi connectivity index (χ1) is 11.1. The van der Waals surface area contributed by atoms with Crippen LogP contribution in [0.1, 0.15) is 25.5 Å². The number of halogens is 1. The molecule has 0 bridgehead atoms. The van der Waals surface area contributed by atoms with E-state index in [-0.39, 0.29) is 18.0 Å². The molecular weight excluding hydrogens is 313 g/mol. The zero-order chi connectivity index (χ0) is 16.7. The molecule has 1 aliphatic rings. The summed E-state index contributed by atoms with van der Waals surface area (Å²) in [5.41, 5.74) is 1.00. The van der Waals surface area contributed by atoms with Gasteiger partial charge in [0.05, 0.1) is 19.2 Å². The first-order valence-corrected chi connectivity index (χ1v) is 9.46. The van der Waals surface area contributed by atoms with Crippen molar-refractivity contribution in [2.45, 2.75) is 26.1 Å². The molecule has 1 aromatic carbocycles. The fraction of sp³-hybridized carbons (Fsp3) is 0.588. The van der Waals surface area contributed by atoms with Crippen molar-refractivity contribution in [1.82, 2.24) is 10.2 Å². The smallest absolute Gasteiger partial charge is 0.194 e. The Morgan fingerprint density at radius 1 is 1.39 bits per heavy atom. The molecule has 6 heteroatoms. The fourth-order valence-electron chi connectivity index (χ4n) is 2.65. The third-order valence-corrected chi connectivity index (χ3v) is 4.28. The van der Waals surface area contributed by atoms with Crippen LogP contribution in [0.5, 0.6) is 0 Å². The van der Waals surface area contributed by atoms with Gasteiger partial charge in [0.25, 0.3) is 0 Å². The number of nitrogens with one attached hydrogen (secondary N) is 1. The highest BCUT2D eigenvalue weighted by Gasteiger charge is 2.28. The Labute approximate surface area is 142 Å². The molecule has 0 aromatic heterocycles. The number of guanidine groups is 1. The van der Waals surface area contributed by atoms with Crippen molar-refractivity contribution < 1.29 is 9.13 Å². The van der Waals surface area contributed by atoms with E-state index in [1.165, 1.54) is 12.1 Å². The molecule has 1 aliphatic heterocycles. The zero-order valence-corrected chi connectivity index (χ0v) is 14.9. The molecule has 0 radical (unpaired) electrons. The van der Waals surface area contributed by atoms with E-state index in [9.17, 15) is 4.39 Å². The summed E-state index contributed by atoms with van der Waals surface area (Å²) >= 11 is 1.79. The molecule has 2 atom stereocenters. The molecular formula is C17H26FN3OS. The second-order valence-electron chi connectivity index (χ2n) is 5.62. The summed E-state index contributed by atoms with van der Waals surface area (Å²) < 4.78 is 19.2. The van der Waals surface area contributed by atoms with E-state index in [2.05, 4.69) is 30.3 Å². The van der Waals surface area contributed by atoms with Gasteiger partial charge in [-0.05, 0) is 37.8 Å². The van der Waals surface area contributed by atoms with Crippen molar-refractivity contribution in [3.05, 3.63) is 35.6 Å². The molecule has 23 heavy (non-hydrogen) atoms. The predicted octanol–water partition coefficient (Wildman–Crippen LogP) is 2.92. The lowest BCUT2D eigenvalue weighted by Crippen LogP contribution is -2.50. The summed E-state index contributed by atoms with van der Waals surface area (Å²) in [5, 5.41) is 3.36. The first kappa shape index (κ1) is 18.1. The summed E-state index contributed by atoms with van der Waals surface area (Å²) in [6, 6.07) is 6.57. The standard InChI is InChI=1S/C17H26FN3OS/c1-4-19-17(20-9-10-23-3)21-11-13(2)22-16(12-21)14-5-7-15(18)8-6-14/h5-8,13,16H,4,9-12H2,1-3H3,(H,19,20). The number of nitrogens with zero attached hydrogens (tertiary/aromatic N) is 2. The minimum atomic E-state index is -0.221. The van der Waals surface area contributed by atoms with Crippen molar-refractivity contribution in [3.8, 4) is 0 Å². The normalized spacial score (nSPS) is 22.3. The van der Waals surface area contributed by atoms with Crippen molar-refractivity contribution in [2.24, 2.45) is 4.99 Å². The highest BCUT2D eigenvalue weighted by atomic mass is 32.2. The second kappa shape index (κ2) is 9.13. The molecule has 4 nitrogen and oxygen atoms in total. The van der Waals surface area contributed by atoms with E-state index in [1.807, 2.05) is 0 Å². The number of rotatable bonds is 5. The van der Waals surface area contributed by atoms with Crippen LogP contribution in [-0.4, -0.2) is 55.2 Å². The lowest BCUT2D eigenvalue weighted by Gasteiger charge is -2.38. The van der Waals surface area contributed by atoms with Gasteiger partial charge in [0.15, 0.2) is 5.96 Å². The van der Waals surface area contributed by atoms with Gasteiger partial charge in [0.2, 0.25) is 0 Å². The van der Waals surface area contributed by atoms with E-state index in [4.69, 9.17) is 9.73 Å². The Balaban J connectivity index is 2.11. The highest BCUT2D eigenvalue weighted by molar-refractivity contribution is 7.98. The molecule has 1 aromatic rings. The monoisotopic (exact) mass is 339 g/mol. The number of morpholine rings is 1. The summed E-state index contributed by atoms with van der Waals surface area (Å²) in [5.74, 6) is 1.72. The van der Waals surface area contributed by atoms with E-state index in [0.717, 1.165) is 43.5 Å². The summed E-state index contributed by atoms with van der Waals surface area (Å²) in [6.45, 7) is 7.31. The Morgan fingerprint density at radius 3 is 2.78 bits per heavy atom. The van der Waals surface area contributed by atoms with Crippen molar-refractivity contribution in [2.75, 3.05) is 38.2 Å². The Hall–Kier alpha value is -1.27. The van der Waals surface area contributed by atoms with Crippen LogP contribution in [0, 0.1) is 5.82 Å². The van der Waals surface area contributed by atoms with Crippen molar-refractivity contribution in [1.29, 1.82) is 0 Å². The molecule has 1 N–H and O–H groups in total. The number of aliphatic imine (C=N–C) groups is 1. The van der Waals surface area contributed by atoms with Crippen LogP contribution in [0.4, 0.5) is 4.39 Å². The van der Waals surface area contributed by atoms with Gasteiger partial charge < -0.3 is 15.0 Å². The number of hydrogen-bond donors (Lipinski definition) is 1. The quantitative estimate of drug-likeness (QED) is 0.508. The van der Waals surface area contributed by atoms with Gasteiger partial charge in [-0.1, -0.05) is 12.1 Å². The Morgan fingerprint density at radius 2 is 2.13 bits per heavy atom. The Kier molecular flexibility index (Phi) is 7.17. The largest absolute Gasteiger partial charge is 0.367 e. The molecule has 0 aliphatic carbocycles. The topological polar surface area (TPSA) is 36.9 Å². The average molecular weight is 339 g/mol. The fourth-order valence-corrected chi connectivity index (χ4v) is 2.93. The lowest BCUT2D eigenvalue weighted by atomic mass is 10.1. The van der Waals surface area contributed by atoms with Gasteiger partial charge in [-0.15, -0.1) is 0 Å². The molecule has 1 fully saturated rings. The molecule has 2 unspecified atom stereocenters. The van der Waals surface area contributed by atoms with Crippen molar-refractivity contribution >= 4 is 17.7 Å².